The molecule has 0 heterocycles. The zero-order valence-corrected chi connectivity index (χ0v) is 14.1. The topological polar surface area (TPSA) is 38.8 Å². The first kappa shape index (κ1) is 17.4. The van der Waals surface area contributed by atoms with Gasteiger partial charge >= 0.3 is 5.97 Å². The van der Waals surface area contributed by atoms with Crippen molar-refractivity contribution in [2.24, 2.45) is 0 Å². The number of hydrogen-bond acceptors (Lipinski definition) is 4. The maximum Gasteiger partial charge on any atom is 0.325 e. The Hall–Kier alpha value is -1.91. The predicted molar refractivity (Wildman–Crippen MR) is 92.3 cm³/mol. The van der Waals surface area contributed by atoms with E-state index in [2.05, 4.69) is 42.2 Å². The van der Waals surface area contributed by atoms with Crippen LogP contribution in [0.15, 0.2) is 42.5 Å². The highest BCUT2D eigenvalue weighted by Crippen LogP contribution is 2.21. The molecule has 0 aliphatic rings. The zero-order chi connectivity index (χ0) is 16.7. The molecule has 0 saturated carbocycles. The molecule has 0 saturated heterocycles. The van der Waals surface area contributed by atoms with E-state index >= 15 is 0 Å². The number of rotatable bonds is 8. The van der Waals surface area contributed by atoms with Crippen molar-refractivity contribution < 1.29 is 14.3 Å². The molecule has 0 N–H and O–H groups in total. The molecule has 4 nitrogen and oxygen atoms in total. The molecular weight excluding hydrogens is 290 g/mol. The van der Waals surface area contributed by atoms with Gasteiger partial charge in [-0.25, -0.2) is 0 Å². The van der Waals surface area contributed by atoms with Crippen molar-refractivity contribution in [3.8, 4) is 0 Å². The largest absolute Gasteiger partial charge is 0.468 e. The number of methoxy groups -OCH3 is 2. The van der Waals surface area contributed by atoms with E-state index in [0.29, 0.717) is 13.2 Å². The van der Waals surface area contributed by atoms with Gasteiger partial charge in [-0.3, -0.25) is 9.69 Å². The zero-order valence-electron chi connectivity index (χ0n) is 14.1. The van der Waals surface area contributed by atoms with Crippen molar-refractivity contribution in [2.75, 3.05) is 27.4 Å². The summed E-state index contributed by atoms with van der Waals surface area (Å²) in [6, 6.07) is 14.2. The summed E-state index contributed by atoms with van der Waals surface area (Å²) in [6.07, 6.45) is 0.960. The lowest BCUT2D eigenvalue weighted by Crippen LogP contribution is -2.44. The first-order valence-corrected chi connectivity index (χ1v) is 7.98. The average Bonchev–Trinajstić information content (AvgIpc) is 2.59. The second-order valence-corrected chi connectivity index (χ2v) is 5.60. The van der Waals surface area contributed by atoms with Gasteiger partial charge in [-0.1, -0.05) is 49.4 Å². The predicted octanol–water partition coefficient (Wildman–Crippen LogP) is 3.24. The third-order valence-electron chi connectivity index (χ3n) is 4.00. The Balaban J connectivity index is 2.31. The summed E-state index contributed by atoms with van der Waals surface area (Å²) in [5.74, 6) is -0.250. The van der Waals surface area contributed by atoms with Crippen molar-refractivity contribution in [1.29, 1.82) is 0 Å². The Morgan fingerprint density at radius 2 is 1.87 bits per heavy atom. The maximum atomic E-state index is 12.1. The number of nitrogens with zero attached hydrogens (tertiary/aromatic N) is 1. The first-order valence-electron chi connectivity index (χ1n) is 7.98. The lowest BCUT2D eigenvalue weighted by Gasteiger charge is -2.29. The van der Waals surface area contributed by atoms with E-state index < -0.39 is 0 Å². The van der Waals surface area contributed by atoms with Gasteiger partial charge in [-0.05, 0) is 29.3 Å². The number of fused-ring (bicyclic) bond motifs is 1. The molecule has 0 fully saturated rings. The molecule has 2 aromatic carbocycles. The SMILES string of the molecule is CCCN(Cc1cccc2ccccc12)C(COC)C(=O)OC. The van der Waals surface area contributed by atoms with Gasteiger partial charge in [0.2, 0.25) is 0 Å². The van der Waals surface area contributed by atoms with Crippen LogP contribution in [-0.4, -0.2) is 44.3 Å². The summed E-state index contributed by atoms with van der Waals surface area (Å²) in [5, 5.41) is 2.43. The number of carbonyl (C=O) groups excluding carboxylic acids is 1. The molecular formula is C19H25NO3. The Labute approximate surface area is 138 Å². The lowest BCUT2D eigenvalue weighted by atomic mass is 10.0. The third kappa shape index (κ3) is 4.30. The minimum atomic E-state index is -0.385. The van der Waals surface area contributed by atoms with E-state index in [0.717, 1.165) is 13.0 Å². The van der Waals surface area contributed by atoms with Gasteiger partial charge in [0.25, 0.3) is 0 Å². The second-order valence-electron chi connectivity index (χ2n) is 5.60. The summed E-state index contributed by atoms with van der Waals surface area (Å²) in [4.78, 5) is 14.3. The van der Waals surface area contributed by atoms with Crippen LogP contribution in [0.2, 0.25) is 0 Å². The van der Waals surface area contributed by atoms with E-state index in [-0.39, 0.29) is 12.0 Å². The maximum absolute atomic E-state index is 12.1. The molecule has 0 aromatic heterocycles. The second kappa shape index (κ2) is 8.65. The molecule has 1 unspecified atom stereocenters. The molecule has 4 heteroatoms. The molecule has 2 aromatic rings. The minimum absolute atomic E-state index is 0.250. The number of hydrogen-bond donors (Lipinski definition) is 0. The third-order valence-corrected chi connectivity index (χ3v) is 4.00. The molecule has 0 radical (unpaired) electrons. The van der Waals surface area contributed by atoms with Crippen LogP contribution < -0.4 is 0 Å². The summed E-state index contributed by atoms with van der Waals surface area (Å²) < 4.78 is 10.2. The molecule has 0 aliphatic carbocycles. The van der Waals surface area contributed by atoms with Crippen molar-refractivity contribution in [3.63, 3.8) is 0 Å². The molecule has 0 aliphatic heterocycles. The van der Waals surface area contributed by atoms with E-state index in [1.165, 1.54) is 23.4 Å². The smallest absolute Gasteiger partial charge is 0.325 e. The molecule has 0 spiro atoms. The Morgan fingerprint density at radius 1 is 1.13 bits per heavy atom. The van der Waals surface area contributed by atoms with Crippen molar-refractivity contribution >= 4 is 16.7 Å². The van der Waals surface area contributed by atoms with Crippen LogP contribution in [-0.2, 0) is 20.8 Å². The van der Waals surface area contributed by atoms with E-state index in [4.69, 9.17) is 9.47 Å². The van der Waals surface area contributed by atoms with Crippen molar-refractivity contribution in [3.05, 3.63) is 48.0 Å². The minimum Gasteiger partial charge on any atom is -0.468 e. The monoisotopic (exact) mass is 315 g/mol. The summed E-state index contributed by atoms with van der Waals surface area (Å²) in [5.41, 5.74) is 1.21. The normalized spacial score (nSPS) is 12.5. The molecule has 23 heavy (non-hydrogen) atoms. The Morgan fingerprint density at radius 3 is 2.57 bits per heavy atom. The van der Waals surface area contributed by atoms with Crippen LogP contribution in [0.3, 0.4) is 0 Å². The first-order chi connectivity index (χ1) is 11.2. The number of ether oxygens (including phenoxy) is 2. The van der Waals surface area contributed by atoms with Gasteiger partial charge in [-0.15, -0.1) is 0 Å². The molecule has 1 atom stereocenters. The van der Waals surface area contributed by atoms with Gasteiger partial charge in [0, 0.05) is 13.7 Å². The fraction of sp³-hybridized carbons (Fsp3) is 0.421. The van der Waals surface area contributed by atoms with Crippen molar-refractivity contribution in [2.45, 2.75) is 25.9 Å². The van der Waals surface area contributed by atoms with Gasteiger partial charge in [-0.2, -0.15) is 0 Å². The van der Waals surface area contributed by atoms with E-state index in [9.17, 15) is 4.79 Å². The van der Waals surface area contributed by atoms with Gasteiger partial charge < -0.3 is 9.47 Å². The molecule has 124 valence electrons. The highest BCUT2D eigenvalue weighted by molar-refractivity contribution is 5.85. The standard InChI is InChI=1S/C19H25NO3/c1-4-12-20(18(14-22-2)19(21)23-3)13-16-10-7-9-15-8-5-6-11-17(15)16/h5-11,18H,4,12-14H2,1-3H3. The average molecular weight is 315 g/mol. The lowest BCUT2D eigenvalue weighted by molar-refractivity contribution is -0.149. The quantitative estimate of drug-likeness (QED) is 0.701. The number of benzene rings is 2. The van der Waals surface area contributed by atoms with Crippen molar-refractivity contribution in [1.82, 2.24) is 4.90 Å². The van der Waals surface area contributed by atoms with Gasteiger partial charge in [0.1, 0.15) is 6.04 Å². The van der Waals surface area contributed by atoms with Gasteiger partial charge in [0.05, 0.1) is 13.7 Å². The van der Waals surface area contributed by atoms with Crippen LogP contribution in [0.4, 0.5) is 0 Å². The van der Waals surface area contributed by atoms with Crippen LogP contribution in [0.25, 0.3) is 10.8 Å². The molecule has 0 bridgehead atoms. The summed E-state index contributed by atoms with van der Waals surface area (Å²) in [6.45, 7) is 3.94. The van der Waals surface area contributed by atoms with E-state index in [1.54, 1.807) is 7.11 Å². The molecule has 0 amide bonds. The molecule has 2 rings (SSSR count). The van der Waals surface area contributed by atoms with E-state index in [1.807, 2.05) is 12.1 Å². The fourth-order valence-corrected chi connectivity index (χ4v) is 2.90. The summed E-state index contributed by atoms with van der Waals surface area (Å²) in [7, 11) is 3.03. The highest BCUT2D eigenvalue weighted by atomic mass is 16.5. The van der Waals surface area contributed by atoms with Crippen LogP contribution in [0.5, 0.6) is 0 Å². The highest BCUT2D eigenvalue weighted by Gasteiger charge is 2.26. The summed E-state index contributed by atoms with van der Waals surface area (Å²) >= 11 is 0. The van der Waals surface area contributed by atoms with Crippen LogP contribution in [0, 0.1) is 0 Å². The fourth-order valence-electron chi connectivity index (χ4n) is 2.90. The number of esters is 1. The van der Waals surface area contributed by atoms with Gasteiger partial charge in [0.15, 0.2) is 0 Å². The van der Waals surface area contributed by atoms with Crippen LogP contribution >= 0.6 is 0 Å². The van der Waals surface area contributed by atoms with Crippen LogP contribution in [0.1, 0.15) is 18.9 Å². The Bertz CT molecular complexity index is 636. The number of carbonyl (C=O) groups is 1. The Kier molecular flexibility index (Phi) is 6.56.